The lowest BCUT2D eigenvalue weighted by molar-refractivity contribution is 0.604. The molecule has 0 aromatic heterocycles. The molecular weight excluding hydrogens is 202 g/mol. The van der Waals surface area contributed by atoms with E-state index < -0.39 is 15.8 Å². The average molecular weight is 211 g/mol. The maximum atomic E-state index is 11.1. The van der Waals surface area contributed by atoms with Crippen LogP contribution < -0.4 is 10.5 Å². The van der Waals surface area contributed by atoms with Gasteiger partial charge in [-0.15, -0.1) is 0 Å². The molecule has 6 heteroatoms. The van der Waals surface area contributed by atoms with Crippen molar-refractivity contribution in [3.63, 3.8) is 0 Å². The lowest BCUT2D eigenvalue weighted by Crippen LogP contribution is -2.15. The number of nitrogens with zero attached hydrogens (tertiary/aromatic N) is 1. The zero-order valence-corrected chi connectivity index (χ0v) is 8.08. The van der Waals surface area contributed by atoms with Gasteiger partial charge in [0, 0.05) is 11.4 Å². The number of rotatable bonds is 3. The first-order chi connectivity index (χ1) is 6.53. The van der Waals surface area contributed by atoms with Crippen LogP contribution >= 0.6 is 0 Å². The highest BCUT2D eigenvalue weighted by Gasteiger charge is 2.08. The van der Waals surface area contributed by atoms with Gasteiger partial charge in [-0.25, -0.2) is 8.42 Å². The molecule has 0 fully saturated rings. The van der Waals surface area contributed by atoms with Crippen LogP contribution in [0.2, 0.25) is 0 Å². The lowest BCUT2D eigenvalue weighted by atomic mass is 10.3. The highest BCUT2D eigenvalue weighted by Crippen LogP contribution is 2.11. The van der Waals surface area contributed by atoms with E-state index in [0.717, 1.165) is 0 Å². The monoisotopic (exact) mass is 211 g/mol. The number of nitrogens with two attached hydrogens (primary N) is 1. The standard InChI is InChI=1S/C8H9N3O2S/c9-5-6-14(12,13)11-8-3-1-7(10)2-4-8/h1-4,11H,6,10H2. The Morgan fingerprint density at radius 3 is 2.43 bits per heavy atom. The zero-order chi connectivity index (χ0) is 10.6. The predicted molar refractivity (Wildman–Crippen MR) is 53.9 cm³/mol. The fraction of sp³-hybridized carbons (Fsp3) is 0.125. The fourth-order valence-electron chi connectivity index (χ4n) is 0.852. The normalized spacial score (nSPS) is 10.5. The molecule has 74 valence electrons. The van der Waals surface area contributed by atoms with Crippen molar-refractivity contribution in [2.24, 2.45) is 0 Å². The summed E-state index contributed by atoms with van der Waals surface area (Å²) >= 11 is 0. The minimum atomic E-state index is -3.55. The Morgan fingerprint density at radius 2 is 1.93 bits per heavy atom. The minimum absolute atomic E-state index is 0.398. The van der Waals surface area contributed by atoms with E-state index in [1.54, 1.807) is 18.2 Å². The van der Waals surface area contributed by atoms with E-state index >= 15 is 0 Å². The molecule has 0 spiro atoms. The largest absolute Gasteiger partial charge is 0.399 e. The van der Waals surface area contributed by atoms with Crippen molar-refractivity contribution in [3.8, 4) is 6.07 Å². The Kier molecular flexibility index (Phi) is 2.94. The van der Waals surface area contributed by atoms with Crippen molar-refractivity contribution >= 4 is 21.4 Å². The van der Waals surface area contributed by atoms with Crippen LogP contribution in [-0.4, -0.2) is 14.2 Å². The SMILES string of the molecule is N#CCS(=O)(=O)Nc1ccc(N)cc1. The smallest absolute Gasteiger partial charge is 0.246 e. The molecule has 1 rings (SSSR count). The van der Waals surface area contributed by atoms with Crippen LogP contribution in [0.3, 0.4) is 0 Å². The molecular formula is C8H9N3O2S. The van der Waals surface area contributed by atoms with Crippen LogP contribution in [0.25, 0.3) is 0 Å². The minimum Gasteiger partial charge on any atom is -0.399 e. The van der Waals surface area contributed by atoms with Crippen LogP contribution in [0.5, 0.6) is 0 Å². The van der Waals surface area contributed by atoms with E-state index in [0.29, 0.717) is 11.4 Å². The number of nitriles is 1. The van der Waals surface area contributed by atoms with Gasteiger partial charge in [0.15, 0.2) is 5.75 Å². The average Bonchev–Trinajstić information content (AvgIpc) is 2.08. The van der Waals surface area contributed by atoms with Crippen molar-refractivity contribution in [2.75, 3.05) is 16.2 Å². The van der Waals surface area contributed by atoms with Gasteiger partial charge in [-0.1, -0.05) is 0 Å². The molecule has 1 aromatic rings. The lowest BCUT2D eigenvalue weighted by Gasteiger charge is -2.04. The molecule has 0 saturated carbocycles. The summed E-state index contributed by atoms with van der Waals surface area (Å²) in [6.07, 6.45) is 0. The molecule has 0 aliphatic heterocycles. The first kappa shape index (κ1) is 10.3. The molecule has 0 aliphatic carbocycles. The second-order valence-corrected chi connectivity index (χ2v) is 4.36. The van der Waals surface area contributed by atoms with Crippen molar-refractivity contribution in [3.05, 3.63) is 24.3 Å². The molecule has 0 saturated heterocycles. The Bertz CT molecular complexity index is 444. The van der Waals surface area contributed by atoms with Gasteiger partial charge >= 0.3 is 0 Å². The van der Waals surface area contributed by atoms with Crippen molar-refractivity contribution in [2.45, 2.75) is 0 Å². The number of nitrogens with one attached hydrogen (secondary N) is 1. The molecule has 0 unspecified atom stereocenters. The van der Waals surface area contributed by atoms with Gasteiger partial charge in [0.2, 0.25) is 10.0 Å². The number of sulfonamides is 1. The number of nitrogen functional groups attached to an aromatic ring is 1. The Labute approximate surface area is 82.2 Å². The third-order valence-electron chi connectivity index (χ3n) is 1.44. The van der Waals surface area contributed by atoms with Crippen LogP contribution in [0, 0.1) is 11.3 Å². The third-order valence-corrected chi connectivity index (χ3v) is 2.49. The molecule has 0 atom stereocenters. The first-order valence-electron chi connectivity index (χ1n) is 3.76. The third kappa shape index (κ3) is 2.95. The van der Waals surface area contributed by atoms with Gasteiger partial charge in [-0.3, -0.25) is 4.72 Å². The molecule has 1 aromatic carbocycles. The number of hydrogen-bond acceptors (Lipinski definition) is 4. The van der Waals surface area contributed by atoms with Crippen LogP contribution in [0.4, 0.5) is 11.4 Å². The summed E-state index contributed by atoms with van der Waals surface area (Å²) in [6, 6.07) is 7.78. The molecule has 0 heterocycles. The summed E-state index contributed by atoms with van der Waals surface area (Å²) in [5.74, 6) is -0.558. The van der Waals surface area contributed by atoms with E-state index in [-0.39, 0.29) is 0 Å². The van der Waals surface area contributed by atoms with E-state index in [1.165, 1.54) is 12.1 Å². The summed E-state index contributed by atoms with van der Waals surface area (Å²) < 4.78 is 24.5. The second kappa shape index (κ2) is 3.98. The highest BCUT2D eigenvalue weighted by molar-refractivity contribution is 7.92. The molecule has 0 amide bonds. The van der Waals surface area contributed by atoms with Crippen molar-refractivity contribution in [1.82, 2.24) is 0 Å². The second-order valence-electron chi connectivity index (χ2n) is 2.64. The van der Waals surface area contributed by atoms with E-state index in [2.05, 4.69) is 4.72 Å². The van der Waals surface area contributed by atoms with Gasteiger partial charge in [0.1, 0.15) is 0 Å². The van der Waals surface area contributed by atoms with Gasteiger partial charge in [0.25, 0.3) is 0 Å². The van der Waals surface area contributed by atoms with Gasteiger partial charge < -0.3 is 5.73 Å². The van der Waals surface area contributed by atoms with Crippen LogP contribution in [0.1, 0.15) is 0 Å². The Morgan fingerprint density at radius 1 is 1.36 bits per heavy atom. The van der Waals surface area contributed by atoms with Crippen LogP contribution in [0.15, 0.2) is 24.3 Å². The Balaban J connectivity index is 2.80. The topological polar surface area (TPSA) is 96.0 Å². The molecule has 0 aliphatic rings. The fourth-order valence-corrected chi connectivity index (χ4v) is 1.59. The summed E-state index contributed by atoms with van der Waals surface area (Å²) in [7, 11) is -3.55. The van der Waals surface area contributed by atoms with Gasteiger partial charge in [-0.05, 0) is 24.3 Å². The highest BCUT2D eigenvalue weighted by atomic mass is 32.2. The molecule has 3 N–H and O–H groups in total. The van der Waals surface area contributed by atoms with Crippen molar-refractivity contribution in [1.29, 1.82) is 5.26 Å². The molecule has 14 heavy (non-hydrogen) atoms. The maximum absolute atomic E-state index is 11.1. The molecule has 0 radical (unpaired) electrons. The number of benzene rings is 1. The maximum Gasteiger partial charge on any atom is 0.246 e. The van der Waals surface area contributed by atoms with Gasteiger partial charge in [0.05, 0.1) is 6.07 Å². The summed E-state index contributed by atoms with van der Waals surface area (Å²) in [4.78, 5) is 0. The summed E-state index contributed by atoms with van der Waals surface area (Å²) in [6.45, 7) is 0. The first-order valence-corrected chi connectivity index (χ1v) is 5.42. The summed E-state index contributed by atoms with van der Waals surface area (Å²) in [5.41, 5.74) is 6.37. The van der Waals surface area contributed by atoms with E-state index in [1.807, 2.05) is 0 Å². The summed E-state index contributed by atoms with van der Waals surface area (Å²) in [5, 5.41) is 8.23. The number of anilines is 2. The molecule has 0 bridgehead atoms. The van der Waals surface area contributed by atoms with Gasteiger partial charge in [-0.2, -0.15) is 5.26 Å². The molecule has 5 nitrogen and oxygen atoms in total. The van der Waals surface area contributed by atoms with Crippen LogP contribution in [-0.2, 0) is 10.0 Å². The van der Waals surface area contributed by atoms with E-state index in [9.17, 15) is 8.42 Å². The zero-order valence-electron chi connectivity index (χ0n) is 7.27. The quantitative estimate of drug-likeness (QED) is 0.713. The Hall–Kier alpha value is -1.74. The predicted octanol–water partition coefficient (Wildman–Crippen LogP) is 0.534. The van der Waals surface area contributed by atoms with Crippen molar-refractivity contribution < 1.29 is 8.42 Å². The number of hydrogen-bond donors (Lipinski definition) is 2. The van der Waals surface area contributed by atoms with E-state index in [4.69, 9.17) is 11.0 Å².